The van der Waals surface area contributed by atoms with Crippen molar-refractivity contribution >= 4 is 35.5 Å². The topological polar surface area (TPSA) is 249 Å². The molecule has 304 valence electrons. The fourth-order valence-electron chi connectivity index (χ4n) is 6.26. The monoisotopic (exact) mass is 776 g/mol. The Labute approximate surface area is 327 Å². The number of hydrogen-bond donors (Lipinski definition) is 8. The summed E-state index contributed by atoms with van der Waals surface area (Å²) in [6, 6.07) is -0.586. The number of phenols is 1. The fraction of sp³-hybridized carbons (Fsp3) is 0.475. The summed E-state index contributed by atoms with van der Waals surface area (Å²) in [5.74, 6) is -5.01. The number of imidazole rings is 1. The van der Waals surface area contributed by atoms with Crippen molar-refractivity contribution in [2.45, 2.75) is 102 Å². The molecule has 9 N–H and O–H groups in total. The third-order valence-electron chi connectivity index (χ3n) is 9.90. The first-order chi connectivity index (χ1) is 26.6. The molecule has 5 amide bonds. The summed E-state index contributed by atoms with van der Waals surface area (Å²) in [6.45, 7) is 14.6. The number of amides is 5. The van der Waals surface area contributed by atoms with Crippen molar-refractivity contribution in [3.63, 3.8) is 0 Å². The molecule has 56 heavy (non-hydrogen) atoms. The molecular formula is C40H56N8O8. The molecule has 4 unspecified atom stereocenters. The zero-order valence-electron chi connectivity index (χ0n) is 32.5. The molecule has 16 heteroatoms. The number of likely N-dealkylation sites (tertiary alicyclic amines) is 1. The lowest BCUT2D eigenvalue weighted by molar-refractivity contribution is -0.145. The number of allylic oxidation sites excluding steroid dienone is 3. The van der Waals surface area contributed by atoms with E-state index in [1.54, 1.807) is 39.0 Å². The van der Waals surface area contributed by atoms with Crippen LogP contribution in [0.15, 0.2) is 73.7 Å². The number of nitrogens with one attached hydrogen (secondary N) is 5. The lowest BCUT2D eigenvalue weighted by Gasteiger charge is -2.31. The number of nitrogens with zero attached hydrogens (tertiary/aromatic N) is 2. The quantitative estimate of drug-likeness (QED) is 0.0852. The minimum atomic E-state index is -1.30. The Morgan fingerprint density at radius 1 is 0.964 bits per heavy atom. The highest BCUT2D eigenvalue weighted by Crippen LogP contribution is 2.21. The fourth-order valence-corrected chi connectivity index (χ4v) is 6.26. The minimum Gasteiger partial charge on any atom is -0.508 e. The van der Waals surface area contributed by atoms with Gasteiger partial charge in [0.25, 0.3) is 0 Å². The van der Waals surface area contributed by atoms with Gasteiger partial charge in [0, 0.05) is 37.7 Å². The standard InChI is InChI=1S/C40H56N8O8/c1-7-11-25(9-3)18-31(40(55)56)46-36(51)32-12-10-17-48(32)39(54)30(20-27-21-42-22-43-27)45-38(53)34(24(6)8-2)47-35(50)29(44-37(52)33(41)23(4)5)19-26-13-15-28(49)16-14-26/h7,9,11,13-16,21-24,29-34,49H,1,3,8,10,12,17-20,41H2,2,4-6H3,(H,42,43)(H,44,52)(H,45,53)(H,46,51)(H,47,50)(H,55,56)/b25-11+/t24?,29-,30-,31-,32?,33?,34?/m0/s1. The Bertz CT molecular complexity index is 1730. The van der Waals surface area contributed by atoms with E-state index >= 15 is 0 Å². The van der Waals surface area contributed by atoms with Crippen molar-refractivity contribution in [3.05, 3.63) is 85.0 Å². The highest BCUT2D eigenvalue weighted by atomic mass is 16.4. The molecule has 0 saturated carbocycles. The molecule has 2 aromatic rings. The van der Waals surface area contributed by atoms with Crippen LogP contribution in [0.3, 0.4) is 0 Å². The van der Waals surface area contributed by atoms with Gasteiger partial charge in [-0.2, -0.15) is 0 Å². The number of aromatic hydroxyl groups is 1. The van der Waals surface area contributed by atoms with Gasteiger partial charge in [-0.25, -0.2) is 9.78 Å². The van der Waals surface area contributed by atoms with Gasteiger partial charge >= 0.3 is 5.97 Å². The number of carboxylic acids is 1. The third-order valence-corrected chi connectivity index (χ3v) is 9.90. The minimum absolute atomic E-state index is 0.0254. The van der Waals surface area contributed by atoms with Gasteiger partial charge in [0.1, 0.15) is 36.0 Å². The number of rotatable bonds is 21. The third kappa shape index (κ3) is 12.6. The first-order valence-corrected chi connectivity index (χ1v) is 18.8. The number of carbonyl (C=O) groups is 6. The van der Waals surface area contributed by atoms with Gasteiger partial charge in [0.05, 0.1) is 12.4 Å². The zero-order chi connectivity index (χ0) is 41.5. The predicted octanol–water partition coefficient (Wildman–Crippen LogP) is 1.63. The Morgan fingerprint density at radius 3 is 2.21 bits per heavy atom. The molecule has 0 spiro atoms. The van der Waals surface area contributed by atoms with Crippen LogP contribution in [0.2, 0.25) is 0 Å². The number of aliphatic carboxylic acids is 1. The molecule has 1 aliphatic heterocycles. The maximum Gasteiger partial charge on any atom is 0.326 e. The van der Waals surface area contributed by atoms with Gasteiger partial charge in [-0.15, -0.1) is 0 Å². The van der Waals surface area contributed by atoms with Gasteiger partial charge < -0.3 is 47.1 Å². The van der Waals surface area contributed by atoms with Gasteiger partial charge in [0.2, 0.25) is 29.5 Å². The number of carbonyl (C=O) groups excluding carboxylic acids is 5. The average molecular weight is 777 g/mol. The average Bonchev–Trinajstić information content (AvgIpc) is 3.88. The number of benzene rings is 1. The molecule has 0 aliphatic carbocycles. The first kappa shape index (κ1) is 44.6. The van der Waals surface area contributed by atoms with E-state index in [1.807, 2.05) is 6.92 Å². The number of nitrogens with two attached hydrogens (primary N) is 1. The smallest absolute Gasteiger partial charge is 0.326 e. The van der Waals surface area contributed by atoms with E-state index in [0.29, 0.717) is 29.7 Å². The van der Waals surface area contributed by atoms with Gasteiger partial charge in [-0.3, -0.25) is 24.0 Å². The van der Waals surface area contributed by atoms with Crippen LogP contribution < -0.4 is 27.0 Å². The number of aromatic amines is 1. The van der Waals surface area contributed by atoms with Crippen molar-refractivity contribution in [1.29, 1.82) is 0 Å². The van der Waals surface area contributed by atoms with E-state index in [-0.39, 0.29) is 43.9 Å². The second-order valence-electron chi connectivity index (χ2n) is 14.4. The molecular weight excluding hydrogens is 720 g/mol. The van der Waals surface area contributed by atoms with Crippen LogP contribution in [0, 0.1) is 11.8 Å². The van der Waals surface area contributed by atoms with Gasteiger partial charge in [-0.05, 0) is 47.9 Å². The number of hydrogen-bond acceptors (Lipinski definition) is 9. The van der Waals surface area contributed by atoms with Crippen LogP contribution in [0.1, 0.15) is 64.6 Å². The predicted molar refractivity (Wildman–Crippen MR) is 210 cm³/mol. The van der Waals surface area contributed by atoms with Crippen molar-refractivity contribution in [3.8, 4) is 5.75 Å². The molecule has 0 radical (unpaired) electrons. The van der Waals surface area contributed by atoms with Gasteiger partial charge in [-0.1, -0.05) is 77.6 Å². The van der Waals surface area contributed by atoms with E-state index < -0.39 is 77.7 Å². The largest absolute Gasteiger partial charge is 0.508 e. The molecule has 2 heterocycles. The van der Waals surface area contributed by atoms with E-state index in [4.69, 9.17) is 5.73 Å². The number of carboxylic acid groups (broad SMARTS) is 1. The summed E-state index contributed by atoms with van der Waals surface area (Å²) in [5.41, 5.74) is 7.78. The highest BCUT2D eigenvalue weighted by Gasteiger charge is 2.40. The lowest BCUT2D eigenvalue weighted by Crippen LogP contribution is -2.61. The summed E-state index contributed by atoms with van der Waals surface area (Å²) >= 11 is 0. The molecule has 1 aliphatic rings. The molecule has 0 bridgehead atoms. The summed E-state index contributed by atoms with van der Waals surface area (Å²) in [7, 11) is 0. The highest BCUT2D eigenvalue weighted by molar-refractivity contribution is 5.97. The second kappa shape index (κ2) is 21.4. The van der Waals surface area contributed by atoms with Crippen molar-refractivity contribution in [2.75, 3.05) is 6.54 Å². The van der Waals surface area contributed by atoms with Crippen LogP contribution in [0.25, 0.3) is 0 Å². The summed E-state index contributed by atoms with van der Waals surface area (Å²) in [6.07, 6.45) is 8.60. The molecule has 1 fully saturated rings. The number of phenolic OH excluding ortho intramolecular Hbond substituents is 1. The summed E-state index contributed by atoms with van der Waals surface area (Å²) in [5, 5.41) is 30.5. The van der Waals surface area contributed by atoms with Crippen LogP contribution in [-0.2, 0) is 41.6 Å². The van der Waals surface area contributed by atoms with Crippen molar-refractivity contribution < 1.29 is 39.0 Å². The molecule has 1 aromatic carbocycles. The summed E-state index contributed by atoms with van der Waals surface area (Å²) in [4.78, 5) is 89.4. The van der Waals surface area contributed by atoms with E-state index in [2.05, 4.69) is 44.4 Å². The van der Waals surface area contributed by atoms with E-state index in [9.17, 15) is 39.0 Å². The van der Waals surface area contributed by atoms with Gasteiger partial charge in [0.15, 0.2) is 0 Å². The van der Waals surface area contributed by atoms with E-state index in [1.165, 1.54) is 41.7 Å². The van der Waals surface area contributed by atoms with Crippen LogP contribution in [-0.4, -0.2) is 103 Å². The maximum atomic E-state index is 14.3. The molecule has 3 rings (SSSR count). The van der Waals surface area contributed by atoms with Crippen molar-refractivity contribution in [1.82, 2.24) is 36.1 Å². The second-order valence-corrected chi connectivity index (χ2v) is 14.4. The normalized spacial score (nSPS) is 17.4. The first-order valence-electron chi connectivity index (χ1n) is 18.8. The Kier molecular flexibility index (Phi) is 17.0. The zero-order valence-corrected chi connectivity index (χ0v) is 32.5. The summed E-state index contributed by atoms with van der Waals surface area (Å²) < 4.78 is 0. The van der Waals surface area contributed by atoms with Crippen molar-refractivity contribution in [2.24, 2.45) is 17.6 Å². The maximum absolute atomic E-state index is 14.3. The lowest BCUT2D eigenvalue weighted by atomic mass is 9.96. The Balaban J connectivity index is 1.88. The molecule has 7 atom stereocenters. The number of aromatic nitrogens is 2. The molecule has 1 aromatic heterocycles. The SMILES string of the molecule is C=C/C=C(\C=C)C[C@H](NC(=O)C1CCCN1C(=O)[C@H](Cc1cnc[nH]1)NC(=O)C(NC(=O)[C@H](Cc1ccc(O)cc1)NC(=O)C(N)C(C)C)C(C)CC)C(=O)O. The Morgan fingerprint density at radius 2 is 1.64 bits per heavy atom. The van der Waals surface area contributed by atoms with E-state index in [0.717, 1.165) is 0 Å². The molecule has 1 saturated heterocycles. The molecule has 16 nitrogen and oxygen atoms in total. The number of H-pyrrole nitrogens is 1. The van der Waals surface area contributed by atoms with Crippen LogP contribution in [0.5, 0.6) is 5.75 Å². The van der Waals surface area contributed by atoms with Crippen LogP contribution in [0.4, 0.5) is 0 Å². The van der Waals surface area contributed by atoms with Crippen LogP contribution >= 0.6 is 0 Å². The Hall–Kier alpha value is -5.77.